The van der Waals surface area contributed by atoms with Crippen molar-refractivity contribution in [1.29, 1.82) is 0 Å². The molecule has 1 fully saturated rings. The van der Waals surface area contributed by atoms with Gasteiger partial charge in [0.15, 0.2) is 0 Å². The quantitative estimate of drug-likeness (QED) is 0.546. The van der Waals surface area contributed by atoms with E-state index in [1.165, 1.54) is 10.9 Å². The van der Waals surface area contributed by atoms with Gasteiger partial charge in [-0.05, 0) is 50.7 Å². The smallest absolute Gasteiger partial charge is 0.224 e. The molecule has 164 valence electrons. The molecule has 0 atom stereocenters. The zero-order valence-corrected chi connectivity index (χ0v) is 20.2. The van der Waals surface area contributed by atoms with Gasteiger partial charge in [-0.15, -0.1) is 0 Å². The number of nitrogens with one attached hydrogen (secondary N) is 1. The fourth-order valence-electron chi connectivity index (χ4n) is 4.80. The highest BCUT2D eigenvalue weighted by Gasteiger charge is 2.39. The van der Waals surface area contributed by atoms with Gasteiger partial charge in [0.2, 0.25) is 5.91 Å². The Hall–Kier alpha value is -2.31. The number of hydrogen-bond donors (Lipinski definition) is 1. The van der Waals surface area contributed by atoms with Crippen LogP contribution in [0.15, 0.2) is 59.2 Å². The third kappa shape index (κ3) is 4.37. The molecule has 1 aliphatic rings. The second kappa shape index (κ2) is 9.05. The first-order valence-electron chi connectivity index (χ1n) is 10.9. The van der Waals surface area contributed by atoms with E-state index in [0.29, 0.717) is 13.0 Å². The second-order valence-corrected chi connectivity index (χ2v) is 9.62. The SMILES string of the molecule is CN(CCC(=O)N1CCC(c2ccccc2)(N(C)C)CC1)c1c[nH]c2ccc(Br)cc12. The van der Waals surface area contributed by atoms with Crippen LogP contribution < -0.4 is 4.90 Å². The number of H-pyrrole nitrogens is 1. The van der Waals surface area contributed by atoms with Crippen molar-refractivity contribution in [1.82, 2.24) is 14.8 Å². The summed E-state index contributed by atoms with van der Waals surface area (Å²) in [6.07, 6.45) is 4.47. The zero-order valence-electron chi connectivity index (χ0n) is 18.6. The first-order chi connectivity index (χ1) is 14.9. The Morgan fingerprint density at radius 1 is 1.10 bits per heavy atom. The molecule has 0 aliphatic carbocycles. The molecule has 0 bridgehead atoms. The van der Waals surface area contributed by atoms with Crippen LogP contribution in [0.3, 0.4) is 0 Å². The van der Waals surface area contributed by atoms with Gasteiger partial charge in [0.05, 0.1) is 5.69 Å². The maximum Gasteiger partial charge on any atom is 0.224 e. The number of aromatic nitrogens is 1. The number of benzene rings is 2. The lowest BCUT2D eigenvalue weighted by Crippen LogP contribution is -2.52. The topological polar surface area (TPSA) is 42.6 Å². The highest BCUT2D eigenvalue weighted by Crippen LogP contribution is 2.37. The summed E-state index contributed by atoms with van der Waals surface area (Å²) in [5, 5.41) is 1.17. The van der Waals surface area contributed by atoms with Crippen LogP contribution >= 0.6 is 15.9 Å². The number of amides is 1. The van der Waals surface area contributed by atoms with Gasteiger partial charge in [0.1, 0.15) is 0 Å². The summed E-state index contributed by atoms with van der Waals surface area (Å²) in [5.74, 6) is 0.244. The first kappa shape index (κ1) is 21.9. The number of rotatable bonds is 6. The van der Waals surface area contributed by atoms with E-state index in [2.05, 4.69) is 94.3 Å². The third-order valence-electron chi connectivity index (χ3n) is 6.80. The minimum absolute atomic E-state index is 0.00621. The van der Waals surface area contributed by atoms with Gasteiger partial charge in [0.25, 0.3) is 0 Å². The second-order valence-electron chi connectivity index (χ2n) is 8.71. The van der Waals surface area contributed by atoms with E-state index >= 15 is 0 Å². The minimum Gasteiger partial charge on any atom is -0.372 e. The van der Waals surface area contributed by atoms with Gasteiger partial charge in [-0.25, -0.2) is 0 Å². The van der Waals surface area contributed by atoms with E-state index in [-0.39, 0.29) is 11.4 Å². The average Bonchev–Trinajstić information content (AvgIpc) is 3.21. The van der Waals surface area contributed by atoms with Crippen LogP contribution in [-0.2, 0) is 10.3 Å². The molecule has 1 amide bonds. The summed E-state index contributed by atoms with van der Waals surface area (Å²) in [6.45, 7) is 2.30. The summed E-state index contributed by atoms with van der Waals surface area (Å²) in [5.41, 5.74) is 3.58. The fraction of sp³-hybridized carbons (Fsp3) is 0.400. The highest BCUT2D eigenvalue weighted by molar-refractivity contribution is 9.10. The van der Waals surface area contributed by atoms with E-state index < -0.39 is 0 Å². The Kier molecular flexibility index (Phi) is 6.39. The van der Waals surface area contributed by atoms with Crippen LogP contribution in [0.2, 0.25) is 0 Å². The van der Waals surface area contributed by atoms with Crippen LogP contribution in [0, 0.1) is 0 Å². The Morgan fingerprint density at radius 3 is 2.48 bits per heavy atom. The van der Waals surface area contributed by atoms with Crippen molar-refractivity contribution in [2.45, 2.75) is 24.8 Å². The molecule has 0 saturated carbocycles. The van der Waals surface area contributed by atoms with Crippen LogP contribution in [0.1, 0.15) is 24.8 Å². The van der Waals surface area contributed by atoms with Gasteiger partial charge in [-0.2, -0.15) is 0 Å². The lowest BCUT2D eigenvalue weighted by molar-refractivity contribution is -0.133. The molecule has 1 aromatic heterocycles. The number of nitrogens with zero attached hydrogens (tertiary/aromatic N) is 3. The number of fused-ring (bicyclic) bond motifs is 1. The van der Waals surface area contributed by atoms with Gasteiger partial charge < -0.3 is 14.8 Å². The van der Waals surface area contributed by atoms with Crippen molar-refractivity contribution in [3.8, 4) is 0 Å². The predicted molar refractivity (Wildman–Crippen MR) is 132 cm³/mol. The van der Waals surface area contributed by atoms with Crippen molar-refractivity contribution in [2.24, 2.45) is 0 Å². The molecule has 0 spiro atoms. The largest absolute Gasteiger partial charge is 0.372 e. The zero-order chi connectivity index (χ0) is 22.0. The molecular formula is C25H31BrN4O. The number of carbonyl (C=O) groups is 1. The molecule has 5 nitrogen and oxygen atoms in total. The molecule has 1 aliphatic heterocycles. The number of halogens is 1. The van der Waals surface area contributed by atoms with Crippen LogP contribution in [0.4, 0.5) is 5.69 Å². The maximum atomic E-state index is 13.0. The molecule has 6 heteroatoms. The van der Waals surface area contributed by atoms with Crippen LogP contribution in [0.5, 0.6) is 0 Å². The van der Waals surface area contributed by atoms with E-state index in [9.17, 15) is 4.79 Å². The number of likely N-dealkylation sites (tertiary alicyclic amines) is 1. The Balaban J connectivity index is 1.37. The van der Waals surface area contributed by atoms with Gasteiger partial charge in [-0.3, -0.25) is 9.69 Å². The molecule has 0 unspecified atom stereocenters. The van der Waals surface area contributed by atoms with Crippen molar-refractivity contribution < 1.29 is 4.79 Å². The number of piperidine rings is 1. The maximum absolute atomic E-state index is 13.0. The monoisotopic (exact) mass is 482 g/mol. The molecule has 4 rings (SSSR count). The molecular weight excluding hydrogens is 452 g/mol. The number of anilines is 1. The molecule has 2 aromatic carbocycles. The standard InChI is InChI=1S/C25H31BrN4O/c1-28(2)25(19-7-5-4-6-8-19)12-15-30(16-13-25)24(31)11-14-29(3)23-18-27-22-10-9-20(26)17-21(22)23/h4-10,17-18,27H,11-16H2,1-3H3. The lowest BCUT2D eigenvalue weighted by Gasteiger charge is -2.46. The molecule has 2 heterocycles. The van der Waals surface area contributed by atoms with Crippen molar-refractivity contribution in [3.05, 3.63) is 64.8 Å². The van der Waals surface area contributed by atoms with E-state index in [0.717, 1.165) is 41.6 Å². The van der Waals surface area contributed by atoms with Crippen molar-refractivity contribution in [3.63, 3.8) is 0 Å². The summed E-state index contributed by atoms with van der Waals surface area (Å²) < 4.78 is 1.06. The van der Waals surface area contributed by atoms with Crippen molar-refractivity contribution >= 4 is 38.4 Å². The molecule has 31 heavy (non-hydrogen) atoms. The van der Waals surface area contributed by atoms with E-state index in [1.807, 2.05) is 17.2 Å². The number of carbonyl (C=O) groups excluding carboxylic acids is 1. The Bertz CT molecular complexity index is 1040. The van der Waals surface area contributed by atoms with Crippen LogP contribution in [-0.4, -0.2) is 61.5 Å². The van der Waals surface area contributed by atoms with Crippen molar-refractivity contribution in [2.75, 3.05) is 45.7 Å². The van der Waals surface area contributed by atoms with Gasteiger partial charge in [-0.1, -0.05) is 46.3 Å². The Morgan fingerprint density at radius 2 is 1.81 bits per heavy atom. The van der Waals surface area contributed by atoms with E-state index in [4.69, 9.17) is 0 Å². The lowest BCUT2D eigenvalue weighted by atomic mass is 9.79. The molecule has 1 N–H and O–H groups in total. The van der Waals surface area contributed by atoms with Crippen LogP contribution in [0.25, 0.3) is 10.9 Å². The summed E-state index contributed by atoms with van der Waals surface area (Å²) in [6, 6.07) is 16.9. The predicted octanol–water partition coefficient (Wildman–Crippen LogP) is 4.84. The average molecular weight is 483 g/mol. The van der Waals surface area contributed by atoms with Gasteiger partial charge in [0, 0.05) is 60.2 Å². The summed E-state index contributed by atoms with van der Waals surface area (Å²) in [4.78, 5) is 22.8. The summed E-state index contributed by atoms with van der Waals surface area (Å²) in [7, 11) is 6.36. The molecule has 3 aromatic rings. The minimum atomic E-state index is 0.00621. The normalized spacial score (nSPS) is 16.1. The highest BCUT2D eigenvalue weighted by atomic mass is 79.9. The number of aromatic amines is 1. The van der Waals surface area contributed by atoms with E-state index in [1.54, 1.807) is 0 Å². The fourth-order valence-corrected chi connectivity index (χ4v) is 5.17. The third-order valence-corrected chi connectivity index (χ3v) is 7.30. The van der Waals surface area contributed by atoms with Gasteiger partial charge >= 0.3 is 0 Å². The summed E-state index contributed by atoms with van der Waals surface area (Å²) >= 11 is 3.55. The number of hydrogen-bond acceptors (Lipinski definition) is 3. The molecule has 0 radical (unpaired) electrons. The Labute approximate surface area is 193 Å². The molecule has 1 saturated heterocycles. The first-order valence-corrected chi connectivity index (χ1v) is 11.7.